The van der Waals surface area contributed by atoms with Crippen LogP contribution in [0.2, 0.25) is 0 Å². The maximum atomic E-state index is 14.1. The average molecular weight is 513 g/mol. The quantitative estimate of drug-likeness (QED) is 0.497. The van der Waals surface area contributed by atoms with Crippen LogP contribution in [-0.2, 0) is 9.59 Å². The number of rotatable bonds is 7. The zero-order valence-corrected chi connectivity index (χ0v) is 21.1. The van der Waals surface area contributed by atoms with Gasteiger partial charge in [0.15, 0.2) is 11.6 Å². The second-order valence-electron chi connectivity index (χ2n) is 9.82. The standard InChI is InChI=1S/C27H30F2N4O4/c1-14(2)24(23-9-15(3)32-37-23)27(36)33-13-19(34)10-22(33)26(35)31-16(4)17-5-7-18(8-6-17)25-20(28)11-30-12-21(25)29/h5-9,11-12,14,16,19,22,24,34H,10,13H2,1-4H3,(H,31,35)/t16-,19+,22-,24+/m0/s1. The third kappa shape index (κ3) is 5.53. The van der Waals surface area contributed by atoms with Crippen LogP contribution in [0.1, 0.15) is 56.2 Å². The smallest absolute Gasteiger partial charge is 0.243 e. The van der Waals surface area contributed by atoms with Crippen molar-refractivity contribution in [2.45, 2.75) is 58.2 Å². The first kappa shape index (κ1) is 26.4. The zero-order chi connectivity index (χ0) is 26.9. The lowest BCUT2D eigenvalue weighted by Crippen LogP contribution is -2.48. The van der Waals surface area contributed by atoms with Crippen LogP contribution in [-0.4, -0.2) is 50.7 Å². The van der Waals surface area contributed by atoms with Gasteiger partial charge < -0.3 is 19.8 Å². The van der Waals surface area contributed by atoms with E-state index in [1.165, 1.54) is 4.90 Å². The Morgan fingerprint density at radius 2 is 1.78 bits per heavy atom. The fourth-order valence-electron chi connectivity index (χ4n) is 4.77. The van der Waals surface area contributed by atoms with E-state index >= 15 is 0 Å². The van der Waals surface area contributed by atoms with Gasteiger partial charge in [0.05, 0.1) is 35.8 Å². The summed E-state index contributed by atoms with van der Waals surface area (Å²) in [6.07, 6.45) is 1.19. The normalized spacial score (nSPS) is 19.2. The van der Waals surface area contributed by atoms with Gasteiger partial charge in [-0.25, -0.2) is 8.78 Å². The number of β-amino-alcohol motifs (C(OH)–C–C–N with tert-alkyl or cyclic N) is 1. The summed E-state index contributed by atoms with van der Waals surface area (Å²) in [5, 5.41) is 17.1. The number of nitrogens with zero attached hydrogens (tertiary/aromatic N) is 3. The Bertz CT molecular complexity index is 1260. The van der Waals surface area contributed by atoms with Crippen LogP contribution in [0.25, 0.3) is 11.1 Å². The molecule has 1 aromatic carbocycles. The molecule has 3 aromatic rings. The Morgan fingerprint density at radius 3 is 2.35 bits per heavy atom. The minimum atomic E-state index is -0.852. The van der Waals surface area contributed by atoms with E-state index in [2.05, 4.69) is 15.5 Å². The number of hydrogen-bond donors (Lipinski definition) is 2. The van der Waals surface area contributed by atoms with Crippen LogP contribution in [0.15, 0.2) is 47.2 Å². The van der Waals surface area contributed by atoms with Crippen molar-refractivity contribution in [2.24, 2.45) is 5.92 Å². The van der Waals surface area contributed by atoms with Crippen LogP contribution in [0.5, 0.6) is 0 Å². The van der Waals surface area contributed by atoms with Crippen LogP contribution < -0.4 is 5.32 Å². The highest BCUT2D eigenvalue weighted by atomic mass is 19.1. The Morgan fingerprint density at radius 1 is 1.14 bits per heavy atom. The highest BCUT2D eigenvalue weighted by molar-refractivity contribution is 5.91. The van der Waals surface area contributed by atoms with Gasteiger partial charge in [0.1, 0.15) is 17.7 Å². The molecular formula is C27H30F2N4O4. The fourth-order valence-corrected chi connectivity index (χ4v) is 4.77. The fraction of sp³-hybridized carbons (Fsp3) is 0.407. The molecule has 1 aliphatic rings. The summed E-state index contributed by atoms with van der Waals surface area (Å²) in [6, 6.07) is 6.89. The first-order valence-corrected chi connectivity index (χ1v) is 12.2. The van der Waals surface area contributed by atoms with E-state index in [-0.39, 0.29) is 30.4 Å². The molecule has 196 valence electrons. The largest absolute Gasteiger partial charge is 0.391 e. The number of hydrogen-bond acceptors (Lipinski definition) is 6. The lowest BCUT2D eigenvalue weighted by Gasteiger charge is -2.29. The van der Waals surface area contributed by atoms with E-state index in [0.717, 1.165) is 12.4 Å². The second-order valence-corrected chi connectivity index (χ2v) is 9.82. The Kier molecular flexibility index (Phi) is 7.68. The lowest BCUT2D eigenvalue weighted by molar-refractivity contribution is -0.141. The SMILES string of the molecule is Cc1cc([C@H](C(=O)N2C[C@H](O)C[C@H]2C(=O)N[C@@H](C)c2ccc(-c3c(F)cncc3F)cc2)C(C)C)on1. The molecule has 1 saturated heterocycles. The topological polar surface area (TPSA) is 109 Å². The van der Waals surface area contributed by atoms with Crippen molar-refractivity contribution in [1.29, 1.82) is 0 Å². The Labute approximate surface area is 213 Å². The van der Waals surface area contributed by atoms with Crippen molar-refractivity contribution < 1.29 is 28.0 Å². The molecule has 0 aliphatic carbocycles. The number of carbonyl (C=O) groups is 2. The van der Waals surface area contributed by atoms with Crippen molar-refractivity contribution in [1.82, 2.24) is 20.4 Å². The van der Waals surface area contributed by atoms with Crippen LogP contribution in [0.3, 0.4) is 0 Å². The van der Waals surface area contributed by atoms with Crippen molar-refractivity contribution in [3.63, 3.8) is 0 Å². The molecule has 0 saturated carbocycles. The van der Waals surface area contributed by atoms with E-state index in [1.807, 2.05) is 13.8 Å². The first-order chi connectivity index (χ1) is 17.6. The Hall–Kier alpha value is -3.66. The third-order valence-electron chi connectivity index (χ3n) is 6.66. The first-order valence-electron chi connectivity index (χ1n) is 12.2. The van der Waals surface area contributed by atoms with Gasteiger partial charge in [-0.1, -0.05) is 43.3 Å². The van der Waals surface area contributed by atoms with Gasteiger partial charge >= 0.3 is 0 Å². The van der Waals surface area contributed by atoms with Gasteiger partial charge in [0.2, 0.25) is 11.8 Å². The molecule has 8 nitrogen and oxygen atoms in total. The van der Waals surface area contributed by atoms with Crippen molar-refractivity contribution in [3.8, 4) is 11.1 Å². The number of aliphatic hydroxyl groups is 1. The summed E-state index contributed by atoms with van der Waals surface area (Å²) in [4.78, 5) is 31.7. The van der Waals surface area contributed by atoms with Crippen LogP contribution >= 0.6 is 0 Å². The molecule has 4 atom stereocenters. The van der Waals surface area contributed by atoms with E-state index in [4.69, 9.17) is 4.52 Å². The molecule has 2 aromatic heterocycles. The molecule has 0 radical (unpaired) electrons. The van der Waals surface area contributed by atoms with Gasteiger partial charge in [-0.05, 0) is 30.9 Å². The monoisotopic (exact) mass is 512 g/mol. The number of aliphatic hydroxyl groups excluding tert-OH is 1. The molecular weight excluding hydrogens is 482 g/mol. The molecule has 37 heavy (non-hydrogen) atoms. The number of likely N-dealkylation sites (tertiary alicyclic amines) is 1. The predicted molar refractivity (Wildman–Crippen MR) is 131 cm³/mol. The summed E-state index contributed by atoms with van der Waals surface area (Å²) in [6.45, 7) is 7.35. The summed E-state index contributed by atoms with van der Waals surface area (Å²) < 4.78 is 33.5. The van der Waals surface area contributed by atoms with Crippen molar-refractivity contribution in [2.75, 3.05) is 6.54 Å². The third-order valence-corrected chi connectivity index (χ3v) is 6.66. The van der Waals surface area contributed by atoms with Gasteiger partial charge in [-0.15, -0.1) is 0 Å². The number of amides is 2. The average Bonchev–Trinajstić information content (AvgIpc) is 3.44. The van der Waals surface area contributed by atoms with Gasteiger partial charge in [-0.2, -0.15) is 0 Å². The molecule has 0 bridgehead atoms. The maximum absolute atomic E-state index is 14.1. The highest BCUT2D eigenvalue weighted by Crippen LogP contribution is 2.32. The predicted octanol–water partition coefficient (Wildman–Crippen LogP) is 3.90. The molecule has 2 N–H and O–H groups in total. The minimum Gasteiger partial charge on any atom is -0.391 e. The van der Waals surface area contributed by atoms with Gasteiger partial charge in [0.25, 0.3) is 0 Å². The Balaban J connectivity index is 1.49. The van der Waals surface area contributed by atoms with Crippen molar-refractivity contribution in [3.05, 3.63) is 71.4 Å². The van der Waals surface area contributed by atoms with E-state index in [9.17, 15) is 23.5 Å². The lowest BCUT2D eigenvalue weighted by atomic mass is 9.91. The van der Waals surface area contributed by atoms with E-state index in [0.29, 0.717) is 22.6 Å². The summed E-state index contributed by atoms with van der Waals surface area (Å²) in [7, 11) is 0. The van der Waals surface area contributed by atoms with Crippen molar-refractivity contribution >= 4 is 11.8 Å². The van der Waals surface area contributed by atoms with E-state index in [1.54, 1.807) is 44.2 Å². The number of aryl methyl sites for hydroxylation is 1. The highest BCUT2D eigenvalue weighted by Gasteiger charge is 2.43. The second kappa shape index (κ2) is 10.8. The molecule has 2 amide bonds. The molecule has 1 fully saturated rings. The summed E-state index contributed by atoms with van der Waals surface area (Å²) in [5.74, 6) is -2.56. The summed E-state index contributed by atoms with van der Waals surface area (Å²) in [5.41, 5.74) is 1.53. The number of aromatic nitrogens is 2. The number of benzene rings is 1. The molecule has 0 unspecified atom stereocenters. The maximum Gasteiger partial charge on any atom is 0.243 e. The molecule has 0 spiro atoms. The van der Waals surface area contributed by atoms with E-state index < -0.39 is 41.6 Å². The summed E-state index contributed by atoms with van der Waals surface area (Å²) >= 11 is 0. The number of pyridine rings is 1. The number of nitrogens with one attached hydrogen (secondary N) is 1. The number of halogens is 2. The number of carbonyl (C=O) groups excluding carboxylic acids is 2. The minimum absolute atomic E-state index is 0.0411. The zero-order valence-electron chi connectivity index (χ0n) is 21.1. The van der Waals surface area contributed by atoms with Gasteiger partial charge in [0, 0.05) is 19.0 Å². The van der Waals surface area contributed by atoms with Crippen LogP contribution in [0.4, 0.5) is 8.78 Å². The molecule has 4 rings (SSSR count). The molecule has 1 aliphatic heterocycles. The van der Waals surface area contributed by atoms with Gasteiger partial charge in [-0.3, -0.25) is 14.6 Å². The molecule has 10 heteroatoms. The van der Waals surface area contributed by atoms with Crippen LogP contribution in [0, 0.1) is 24.5 Å². The molecule has 3 heterocycles.